The molecular weight excluding hydrogens is 176 g/mol. The Hall–Kier alpha value is -1.09. The van der Waals surface area contributed by atoms with Crippen LogP contribution in [0.3, 0.4) is 0 Å². The number of ether oxygens (including phenoxy) is 1. The van der Waals surface area contributed by atoms with Crippen molar-refractivity contribution in [2.45, 2.75) is 25.5 Å². The molecule has 1 aromatic rings. The standard InChI is InChI=1S/C11H14N2O/c1-8-2-3-9(5-12-8)13-6-11-4-10(13)7-14-11/h2-3,5,10-11H,4,6-7H2,1H3. The molecule has 74 valence electrons. The first-order valence-electron chi connectivity index (χ1n) is 5.14. The highest BCUT2D eigenvalue weighted by Gasteiger charge is 2.38. The second kappa shape index (κ2) is 2.95. The van der Waals surface area contributed by atoms with Crippen molar-refractivity contribution >= 4 is 5.69 Å². The van der Waals surface area contributed by atoms with Gasteiger partial charge in [-0.2, -0.15) is 0 Å². The summed E-state index contributed by atoms with van der Waals surface area (Å²) in [4.78, 5) is 6.74. The van der Waals surface area contributed by atoms with E-state index in [1.807, 2.05) is 13.1 Å². The summed E-state index contributed by atoms with van der Waals surface area (Å²) in [6, 6.07) is 4.81. The lowest BCUT2D eigenvalue weighted by atomic mass is 10.2. The average Bonchev–Trinajstić information content (AvgIpc) is 2.80. The minimum atomic E-state index is 0.460. The smallest absolute Gasteiger partial charge is 0.0771 e. The lowest BCUT2D eigenvalue weighted by Gasteiger charge is -2.28. The first kappa shape index (κ1) is 8.24. The van der Waals surface area contributed by atoms with Crippen molar-refractivity contribution in [2.24, 2.45) is 0 Å². The summed E-state index contributed by atoms with van der Waals surface area (Å²) >= 11 is 0. The predicted octanol–water partition coefficient (Wildman–Crippen LogP) is 1.37. The first-order chi connectivity index (χ1) is 6.83. The number of nitrogens with zero attached hydrogens (tertiary/aromatic N) is 2. The van der Waals surface area contributed by atoms with Crippen molar-refractivity contribution < 1.29 is 4.74 Å². The van der Waals surface area contributed by atoms with Crippen molar-refractivity contribution in [2.75, 3.05) is 18.1 Å². The Balaban J connectivity index is 1.86. The summed E-state index contributed by atoms with van der Waals surface area (Å²) in [6.07, 6.45) is 3.62. The molecule has 0 spiro atoms. The van der Waals surface area contributed by atoms with Crippen LogP contribution in [0.2, 0.25) is 0 Å². The average molecular weight is 190 g/mol. The molecule has 3 nitrogen and oxygen atoms in total. The van der Waals surface area contributed by atoms with E-state index in [4.69, 9.17) is 4.74 Å². The summed E-state index contributed by atoms with van der Waals surface area (Å²) < 4.78 is 5.57. The molecule has 3 heteroatoms. The highest BCUT2D eigenvalue weighted by atomic mass is 16.5. The van der Waals surface area contributed by atoms with Gasteiger partial charge in [0, 0.05) is 12.2 Å². The van der Waals surface area contributed by atoms with Gasteiger partial charge in [0.1, 0.15) is 0 Å². The maximum atomic E-state index is 5.57. The molecule has 0 N–H and O–H groups in total. The van der Waals surface area contributed by atoms with E-state index < -0.39 is 0 Å². The van der Waals surface area contributed by atoms with Crippen LogP contribution in [0.5, 0.6) is 0 Å². The van der Waals surface area contributed by atoms with Crippen LogP contribution in [0.15, 0.2) is 18.3 Å². The molecule has 2 bridgehead atoms. The number of anilines is 1. The van der Waals surface area contributed by atoms with Crippen molar-refractivity contribution in [3.63, 3.8) is 0 Å². The van der Waals surface area contributed by atoms with Gasteiger partial charge in [0.15, 0.2) is 0 Å². The molecular formula is C11H14N2O. The third-order valence-electron chi connectivity index (χ3n) is 3.13. The second-order valence-electron chi connectivity index (χ2n) is 4.16. The normalized spacial score (nSPS) is 29.9. The largest absolute Gasteiger partial charge is 0.374 e. The van der Waals surface area contributed by atoms with Crippen LogP contribution in [-0.4, -0.2) is 30.3 Å². The van der Waals surface area contributed by atoms with E-state index in [1.165, 1.54) is 12.1 Å². The molecule has 2 unspecified atom stereocenters. The summed E-state index contributed by atoms with van der Waals surface area (Å²) in [6.45, 7) is 3.94. The van der Waals surface area contributed by atoms with Crippen LogP contribution in [0, 0.1) is 6.92 Å². The van der Waals surface area contributed by atoms with Gasteiger partial charge in [-0.15, -0.1) is 0 Å². The molecule has 2 saturated heterocycles. The Kier molecular flexibility index (Phi) is 1.74. The highest BCUT2D eigenvalue weighted by molar-refractivity contribution is 5.47. The van der Waals surface area contributed by atoms with E-state index in [-0.39, 0.29) is 0 Å². The number of morpholine rings is 1. The maximum Gasteiger partial charge on any atom is 0.0771 e. The quantitative estimate of drug-likeness (QED) is 0.668. The molecule has 0 aliphatic carbocycles. The van der Waals surface area contributed by atoms with E-state index >= 15 is 0 Å². The van der Waals surface area contributed by atoms with Crippen LogP contribution < -0.4 is 4.90 Å². The Morgan fingerprint density at radius 2 is 2.43 bits per heavy atom. The van der Waals surface area contributed by atoms with Gasteiger partial charge in [0.05, 0.1) is 30.6 Å². The van der Waals surface area contributed by atoms with Gasteiger partial charge in [-0.1, -0.05) is 0 Å². The van der Waals surface area contributed by atoms with Crippen LogP contribution in [0.1, 0.15) is 12.1 Å². The molecule has 2 fully saturated rings. The van der Waals surface area contributed by atoms with Crippen molar-refractivity contribution in [1.82, 2.24) is 4.98 Å². The second-order valence-corrected chi connectivity index (χ2v) is 4.16. The molecule has 2 aliphatic heterocycles. The SMILES string of the molecule is Cc1ccc(N2CC3CC2CO3)cn1. The van der Waals surface area contributed by atoms with Gasteiger partial charge >= 0.3 is 0 Å². The van der Waals surface area contributed by atoms with E-state index in [0.717, 1.165) is 18.8 Å². The fraction of sp³-hybridized carbons (Fsp3) is 0.545. The van der Waals surface area contributed by atoms with Crippen molar-refractivity contribution in [3.8, 4) is 0 Å². The predicted molar refractivity (Wildman–Crippen MR) is 54.5 cm³/mol. The number of aryl methyl sites for hydroxylation is 1. The molecule has 3 heterocycles. The molecule has 3 rings (SSSR count). The van der Waals surface area contributed by atoms with Crippen LogP contribution in [-0.2, 0) is 4.74 Å². The molecule has 0 radical (unpaired) electrons. The molecule has 2 atom stereocenters. The summed E-state index contributed by atoms with van der Waals surface area (Å²) in [5, 5.41) is 0. The zero-order chi connectivity index (χ0) is 9.54. The Morgan fingerprint density at radius 3 is 3.00 bits per heavy atom. The zero-order valence-corrected chi connectivity index (χ0v) is 8.31. The molecule has 1 aromatic heterocycles. The summed E-state index contributed by atoms with van der Waals surface area (Å²) in [7, 11) is 0. The Labute approximate surface area is 83.7 Å². The third kappa shape index (κ3) is 1.20. The number of aromatic nitrogens is 1. The van der Waals surface area contributed by atoms with E-state index in [0.29, 0.717) is 12.1 Å². The van der Waals surface area contributed by atoms with Gasteiger partial charge in [0.25, 0.3) is 0 Å². The summed E-state index contributed by atoms with van der Waals surface area (Å²) in [5.41, 5.74) is 2.32. The third-order valence-corrected chi connectivity index (χ3v) is 3.13. The van der Waals surface area contributed by atoms with Crippen LogP contribution in [0.4, 0.5) is 5.69 Å². The Bertz CT molecular complexity index is 336. The van der Waals surface area contributed by atoms with E-state index in [2.05, 4.69) is 22.0 Å². The van der Waals surface area contributed by atoms with E-state index in [9.17, 15) is 0 Å². The topological polar surface area (TPSA) is 25.4 Å². The van der Waals surface area contributed by atoms with Gasteiger partial charge < -0.3 is 9.64 Å². The number of rotatable bonds is 1. The van der Waals surface area contributed by atoms with Crippen molar-refractivity contribution in [1.29, 1.82) is 0 Å². The molecule has 14 heavy (non-hydrogen) atoms. The number of fused-ring (bicyclic) bond motifs is 2. The van der Waals surface area contributed by atoms with Crippen LogP contribution >= 0.6 is 0 Å². The monoisotopic (exact) mass is 190 g/mol. The van der Waals surface area contributed by atoms with Gasteiger partial charge in [-0.05, 0) is 25.5 Å². The van der Waals surface area contributed by atoms with Gasteiger partial charge in [-0.3, -0.25) is 4.98 Å². The highest BCUT2D eigenvalue weighted by Crippen LogP contribution is 2.31. The molecule has 0 amide bonds. The lowest BCUT2D eigenvalue weighted by molar-refractivity contribution is 0.0991. The number of hydrogen-bond acceptors (Lipinski definition) is 3. The van der Waals surface area contributed by atoms with Crippen molar-refractivity contribution in [3.05, 3.63) is 24.0 Å². The van der Waals surface area contributed by atoms with Crippen LogP contribution in [0.25, 0.3) is 0 Å². The van der Waals surface area contributed by atoms with E-state index in [1.54, 1.807) is 0 Å². The maximum absolute atomic E-state index is 5.57. The van der Waals surface area contributed by atoms with Gasteiger partial charge in [-0.25, -0.2) is 0 Å². The number of pyridine rings is 1. The molecule has 0 aromatic carbocycles. The van der Waals surface area contributed by atoms with Gasteiger partial charge in [0.2, 0.25) is 0 Å². The fourth-order valence-corrected chi connectivity index (χ4v) is 2.35. The first-order valence-corrected chi connectivity index (χ1v) is 5.14. The fourth-order valence-electron chi connectivity index (χ4n) is 2.35. The molecule has 0 saturated carbocycles. The lowest BCUT2D eigenvalue weighted by Crippen LogP contribution is -2.36. The minimum Gasteiger partial charge on any atom is -0.374 e. The minimum absolute atomic E-state index is 0.460. The molecule has 2 aliphatic rings. The summed E-state index contributed by atoms with van der Waals surface area (Å²) in [5.74, 6) is 0. The number of hydrogen-bond donors (Lipinski definition) is 0. The Morgan fingerprint density at radius 1 is 1.50 bits per heavy atom. The zero-order valence-electron chi connectivity index (χ0n) is 8.31.